The third-order valence-corrected chi connectivity index (χ3v) is 2.93. The van der Waals surface area contributed by atoms with Crippen LogP contribution in [0.5, 0.6) is 0 Å². The zero-order chi connectivity index (χ0) is 10.1. The molecule has 0 amide bonds. The minimum Gasteiger partial charge on any atom is -0.369 e. The molecule has 0 radical (unpaired) electrons. The van der Waals surface area contributed by atoms with E-state index in [9.17, 15) is 0 Å². The van der Waals surface area contributed by atoms with Crippen LogP contribution in [0.4, 0.5) is 5.69 Å². The first-order valence-electron chi connectivity index (χ1n) is 5.31. The van der Waals surface area contributed by atoms with E-state index in [-0.39, 0.29) is 0 Å². The van der Waals surface area contributed by atoms with Crippen LogP contribution in [-0.2, 0) is 13.0 Å². The van der Waals surface area contributed by atoms with Crippen molar-refractivity contribution in [1.29, 1.82) is 0 Å². The first-order valence-corrected chi connectivity index (χ1v) is 5.31. The number of rotatable bonds is 2. The van der Waals surface area contributed by atoms with Crippen LogP contribution in [0.3, 0.4) is 0 Å². The summed E-state index contributed by atoms with van der Waals surface area (Å²) in [5, 5.41) is 0. The number of nitrogens with two attached hydrogens (primary N) is 1. The van der Waals surface area contributed by atoms with Gasteiger partial charge in [0.15, 0.2) is 0 Å². The van der Waals surface area contributed by atoms with Gasteiger partial charge in [0.1, 0.15) is 0 Å². The van der Waals surface area contributed by atoms with Gasteiger partial charge in [-0.25, -0.2) is 0 Å². The molecule has 0 saturated carbocycles. The maximum Gasteiger partial charge on any atom is 0.0402 e. The molecule has 1 aromatic carbocycles. The standard InChI is InChI=1S/C12H18N2/c1-9(2)14-6-5-11-7-10(8-13)3-4-12(11)14/h3-4,7,9H,5-6,8,13H2,1-2H3. The van der Waals surface area contributed by atoms with E-state index in [1.807, 2.05) is 0 Å². The van der Waals surface area contributed by atoms with Crippen LogP contribution in [0.25, 0.3) is 0 Å². The molecule has 14 heavy (non-hydrogen) atoms. The van der Waals surface area contributed by atoms with Crippen molar-refractivity contribution in [2.75, 3.05) is 11.4 Å². The lowest BCUT2D eigenvalue weighted by Crippen LogP contribution is -2.28. The zero-order valence-electron chi connectivity index (χ0n) is 8.96. The van der Waals surface area contributed by atoms with Crippen LogP contribution in [0.2, 0.25) is 0 Å². The first-order chi connectivity index (χ1) is 6.72. The lowest BCUT2D eigenvalue weighted by Gasteiger charge is -2.23. The van der Waals surface area contributed by atoms with Crippen LogP contribution < -0.4 is 10.6 Å². The molecule has 1 aliphatic rings. The number of anilines is 1. The summed E-state index contributed by atoms with van der Waals surface area (Å²) in [7, 11) is 0. The van der Waals surface area contributed by atoms with E-state index in [2.05, 4.69) is 36.9 Å². The number of nitrogens with zero attached hydrogens (tertiary/aromatic N) is 1. The Morgan fingerprint density at radius 1 is 1.43 bits per heavy atom. The third-order valence-electron chi connectivity index (χ3n) is 2.93. The van der Waals surface area contributed by atoms with E-state index in [0.29, 0.717) is 12.6 Å². The van der Waals surface area contributed by atoms with E-state index in [1.165, 1.54) is 23.2 Å². The van der Waals surface area contributed by atoms with Crippen LogP contribution >= 0.6 is 0 Å². The predicted octanol–water partition coefficient (Wildman–Crippen LogP) is 1.92. The number of hydrogen-bond donors (Lipinski definition) is 1. The molecule has 1 aromatic rings. The molecule has 0 bridgehead atoms. The summed E-state index contributed by atoms with van der Waals surface area (Å²) in [6, 6.07) is 7.20. The first kappa shape index (κ1) is 9.53. The van der Waals surface area contributed by atoms with Crippen LogP contribution in [-0.4, -0.2) is 12.6 Å². The second-order valence-electron chi connectivity index (χ2n) is 4.20. The lowest BCUT2D eigenvalue weighted by molar-refractivity contribution is 0.710. The molecular formula is C12H18N2. The maximum atomic E-state index is 5.62. The SMILES string of the molecule is CC(C)N1CCc2cc(CN)ccc21. The Balaban J connectivity index is 2.33. The van der Waals surface area contributed by atoms with Crippen molar-refractivity contribution in [2.45, 2.75) is 32.9 Å². The fourth-order valence-electron chi connectivity index (χ4n) is 2.14. The smallest absolute Gasteiger partial charge is 0.0402 e. The molecule has 2 nitrogen and oxygen atoms in total. The van der Waals surface area contributed by atoms with Crippen molar-refractivity contribution in [3.63, 3.8) is 0 Å². The summed E-state index contributed by atoms with van der Waals surface area (Å²) in [5.41, 5.74) is 9.73. The Hall–Kier alpha value is -1.02. The third kappa shape index (κ3) is 1.50. The quantitative estimate of drug-likeness (QED) is 0.772. The Morgan fingerprint density at radius 3 is 2.86 bits per heavy atom. The van der Waals surface area contributed by atoms with Crippen molar-refractivity contribution < 1.29 is 0 Å². The van der Waals surface area contributed by atoms with Crippen LogP contribution in [0.15, 0.2) is 18.2 Å². The number of benzene rings is 1. The number of fused-ring (bicyclic) bond motifs is 1. The van der Waals surface area contributed by atoms with Gasteiger partial charge >= 0.3 is 0 Å². The highest BCUT2D eigenvalue weighted by atomic mass is 15.2. The molecule has 2 heteroatoms. The second kappa shape index (κ2) is 3.62. The Morgan fingerprint density at radius 2 is 2.21 bits per heavy atom. The highest BCUT2D eigenvalue weighted by Gasteiger charge is 2.20. The van der Waals surface area contributed by atoms with Crippen molar-refractivity contribution >= 4 is 5.69 Å². The molecule has 0 aliphatic carbocycles. The van der Waals surface area contributed by atoms with Gasteiger partial charge in [-0.1, -0.05) is 12.1 Å². The molecule has 0 aromatic heterocycles. The van der Waals surface area contributed by atoms with E-state index in [1.54, 1.807) is 0 Å². The highest BCUT2D eigenvalue weighted by Crippen LogP contribution is 2.30. The Bertz CT molecular complexity index is 331. The second-order valence-corrected chi connectivity index (χ2v) is 4.20. The van der Waals surface area contributed by atoms with Crippen molar-refractivity contribution in [1.82, 2.24) is 0 Å². The zero-order valence-corrected chi connectivity index (χ0v) is 8.96. The van der Waals surface area contributed by atoms with Gasteiger partial charge in [-0.05, 0) is 37.5 Å². The molecule has 2 N–H and O–H groups in total. The van der Waals surface area contributed by atoms with Crippen LogP contribution in [0, 0.1) is 0 Å². The van der Waals surface area contributed by atoms with Gasteiger partial charge in [-0.2, -0.15) is 0 Å². The lowest BCUT2D eigenvalue weighted by atomic mass is 10.1. The fourth-order valence-corrected chi connectivity index (χ4v) is 2.14. The van der Waals surface area contributed by atoms with Gasteiger partial charge in [-0.15, -0.1) is 0 Å². The van der Waals surface area contributed by atoms with Gasteiger partial charge in [-0.3, -0.25) is 0 Å². The van der Waals surface area contributed by atoms with Crippen molar-refractivity contribution in [3.8, 4) is 0 Å². The van der Waals surface area contributed by atoms with Crippen molar-refractivity contribution in [2.24, 2.45) is 5.73 Å². The largest absolute Gasteiger partial charge is 0.369 e. The summed E-state index contributed by atoms with van der Waals surface area (Å²) in [6.07, 6.45) is 1.17. The minimum absolute atomic E-state index is 0.597. The van der Waals surface area contributed by atoms with E-state index in [0.717, 1.165) is 6.54 Å². The molecule has 76 valence electrons. The average Bonchev–Trinajstić information content (AvgIpc) is 2.59. The maximum absolute atomic E-state index is 5.62. The molecule has 0 fully saturated rings. The topological polar surface area (TPSA) is 29.3 Å². The molecular weight excluding hydrogens is 172 g/mol. The van der Waals surface area contributed by atoms with E-state index >= 15 is 0 Å². The predicted molar refractivity (Wildman–Crippen MR) is 60.5 cm³/mol. The highest BCUT2D eigenvalue weighted by molar-refractivity contribution is 5.59. The van der Waals surface area contributed by atoms with Gasteiger partial charge in [0.05, 0.1) is 0 Å². The summed E-state index contributed by atoms with van der Waals surface area (Å²) in [4.78, 5) is 2.45. The summed E-state index contributed by atoms with van der Waals surface area (Å²) < 4.78 is 0. The normalized spacial score (nSPS) is 15.0. The molecule has 0 unspecified atom stereocenters. The van der Waals surface area contributed by atoms with Crippen LogP contribution in [0.1, 0.15) is 25.0 Å². The molecule has 1 heterocycles. The fraction of sp³-hybridized carbons (Fsp3) is 0.500. The van der Waals surface area contributed by atoms with Gasteiger partial charge in [0.25, 0.3) is 0 Å². The summed E-state index contributed by atoms with van der Waals surface area (Å²) >= 11 is 0. The van der Waals surface area contributed by atoms with Crippen molar-refractivity contribution in [3.05, 3.63) is 29.3 Å². The summed E-state index contributed by atoms with van der Waals surface area (Å²) in [6.45, 7) is 6.29. The molecule has 0 atom stereocenters. The summed E-state index contributed by atoms with van der Waals surface area (Å²) in [5.74, 6) is 0. The molecule has 0 saturated heterocycles. The van der Waals surface area contributed by atoms with E-state index in [4.69, 9.17) is 5.73 Å². The Kier molecular flexibility index (Phi) is 2.46. The molecule has 1 aliphatic heterocycles. The van der Waals surface area contributed by atoms with Gasteiger partial charge in [0.2, 0.25) is 0 Å². The minimum atomic E-state index is 0.597. The number of hydrogen-bond acceptors (Lipinski definition) is 2. The monoisotopic (exact) mass is 190 g/mol. The molecule has 2 rings (SSSR count). The van der Waals surface area contributed by atoms with Gasteiger partial charge in [0, 0.05) is 24.8 Å². The molecule has 0 spiro atoms. The Labute approximate surface area is 85.7 Å². The average molecular weight is 190 g/mol. The van der Waals surface area contributed by atoms with Gasteiger partial charge < -0.3 is 10.6 Å². The van der Waals surface area contributed by atoms with E-state index < -0.39 is 0 Å².